The molecule has 0 fully saturated rings. The average molecular weight is 377 g/mol. The van der Waals surface area contributed by atoms with Crippen LogP contribution in [0.4, 0.5) is 5.69 Å². The molecular weight excluding hydrogens is 356 g/mol. The summed E-state index contributed by atoms with van der Waals surface area (Å²) in [6.45, 7) is 4.25. The fourth-order valence-corrected chi connectivity index (χ4v) is 4.25. The van der Waals surface area contributed by atoms with Crippen molar-refractivity contribution in [1.29, 1.82) is 0 Å². The number of benzene rings is 1. The molecule has 0 aliphatic heterocycles. The molecule has 0 aliphatic carbocycles. The first-order chi connectivity index (χ1) is 11.8. The Balaban J connectivity index is 2.20. The maximum atomic E-state index is 11.5. The molecule has 0 radical (unpaired) electrons. The first-order valence-corrected chi connectivity index (χ1v) is 10.7. The van der Waals surface area contributed by atoms with Crippen LogP contribution in [0.15, 0.2) is 36.5 Å². The van der Waals surface area contributed by atoms with Gasteiger partial charge < -0.3 is 4.57 Å². The summed E-state index contributed by atoms with van der Waals surface area (Å²) in [5.74, 6) is 0. The molecule has 0 bridgehead atoms. The molecule has 2 aromatic heterocycles. The lowest BCUT2D eigenvalue weighted by atomic mass is 10.1. The smallest absolute Gasteiger partial charge is 0.229 e. The molecule has 25 heavy (non-hydrogen) atoms. The first-order valence-electron chi connectivity index (χ1n) is 8.00. The van der Waals surface area contributed by atoms with Crippen molar-refractivity contribution in [3.63, 3.8) is 0 Å². The van der Waals surface area contributed by atoms with Crippen molar-refractivity contribution < 1.29 is 13.2 Å². The average Bonchev–Trinajstić information content (AvgIpc) is 3.16. The summed E-state index contributed by atoms with van der Waals surface area (Å²) in [6, 6.07) is 9.60. The van der Waals surface area contributed by atoms with E-state index in [1.165, 1.54) is 11.3 Å². The van der Waals surface area contributed by atoms with Crippen LogP contribution in [-0.4, -0.2) is 25.5 Å². The number of aromatic nitrogens is 1. The van der Waals surface area contributed by atoms with Crippen LogP contribution < -0.4 is 4.72 Å². The quantitative estimate of drug-likeness (QED) is 0.643. The van der Waals surface area contributed by atoms with E-state index in [1.807, 2.05) is 24.3 Å². The summed E-state index contributed by atoms with van der Waals surface area (Å²) in [4.78, 5) is 12.7. The number of thiophene rings is 1. The van der Waals surface area contributed by atoms with E-state index in [2.05, 4.69) is 29.3 Å². The highest BCUT2D eigenvalue weighted by atomic mass is 32.2. The molecule has 0 aliphatic rings. The third-order valence-corrected chi connectivity index (χ3v) is 5.86. The highest BCUT2D eigenvalue weighted by Crippen LogP contribution is 2.37. The number of nitrogens with zero attached hydrogens (tertiary/aromatic N) is 1. The van der Waals surface area contributed by atoms with Gasteiger partial charge in [-0.2, -0.15) is 0 Å². The van der Waals surface area contributed by atoms with Crippen molar-refractivity contribution in [2.75, 3.05) is 11.0 Å². The van der Waals surface area contributed by atoms with E-state index in [4.69, 9.17) is 0 Å². The van der Waals surface area contributed by atoms with Crippen molar-refractivity contribution in [1.82, 2.24) is 4.57 Å². The molecule has 5 nitrogen and oxygen atoms in total. The van der Waals surface area contributed by atoms with Crippen molar-refractivity contribution in [3.05, 3.63) is 41.4 Å². The van der Waals surface area contributed by atoms with Gasteiger partial charge in [0.2, 0.25) is 10.0 Å². The zero-order valence-electron chi connectivity index (χ0n) is 14.3. The van der Waals surface area contributed by atoms with Crippen LogP contribution in [0.3, 0.4) is 0 Å². The molecule has 0 spiro atoms. The normalized spacial score (nSPS) is 13.1. The second-order valence-corrected chi connectivity index (χ2v) is 9.00. The molecule has 1 atom stereocenters. The molecular formula is C18H20N2O3S2. The molecule has 1 unspecified atom stereocenters. The Labute approximate surface area is 151 Å². The summed E-state index contributed by atoms with van der Waals surface area (Å²) in [7, 11) is -3.33. The molecule has 1 aromatic carbocycles. The first kappa shape index (κ1) is 17.7. The number of rotatable bonds is 6. The Bertz CT molecular complexity index is 1030. The van der Waals surface area contributed by atoms with Crippen LogP contribution in [0.5, 0.6) is 0 Å². The molecule has 0 amide bonds. The van der Waals surface area contributed by atoms with Gasteiger partial charge in [0.05, 0.1) is 22.3 Å². The Hall–Kier alpha value is -2.12. The predicted molar refractivity (Wildman–Crippen MR) is 104 cm³/mol. The lowest BCUT2D eigenvalue weighted by Gasteiger charge is -2.13. The summed E-state index contributed by atoms with van der Waals surface area (Å²) in [5.41, 5.74) is 2.57. The fourth-order valence-electron chi connectivity index (χ4n) is 2.85. The Morgan fingerprint density at radius 3 is 2.64 bits per heavy atom. The lowest BCUT2D eigenvalue weighted by molar-refractivity contribution is 0.112. The number of nitrogens with one attached hydrogen (secondary N) is 1. The number of sulfonamides is 1. The highest BCUT2D eigenvalue weighted by molar-refractivity contribution is 7.92. The minimum absolute atomic E-state index is 0.273. The third kappa shape index (κ3) is 3.62. The summed E-state index contributed by atoms with van der Waals surface area (Å²) in [5, 5.41) is 1.04. The standard InChI is InChI=1S/C18H20N2O3S2/c1-4-12(2)20-10-16(18-8-6-14(11-21)24-18)15-7-5-13(9-17(15)20)19-25(3,22)23/h5-12,19H,4H2,1-3H3. The van der Waals surface area contributed by atoms with Crippen LogP contribution >= 0.6 is 11.3 Å². The number of fused-ring (bicyclic) bond motifs is 1. The maximum Gasteiger partial charge on any atom is 0.229 e. The minimum Gasteiger partial charge on any atom is -0.344 e. The van der Waals surface area contributed by atoms with Crippen LogP contribution in [0.1, 0.15) is 36.0 Å². The summed E-state index contributed by atoms with van der Waals surface area (Å²) < 4.78 is 27.7. The Morgan fingerprint density at radius 2 is 2.04 bits per heavy atom. The number of carbonyl (C=O) groups is 1. The largest absolute Gasteiger partial charge is 0.344 e. The van der Waals surface area contributed by atoms with Gasteiger partial charge in [-0.15, -0.1) is 11.3 Å². The SMILES string of the molecule is CCC(C)n1cc(-c2ccc(C=O)s2)c2ccc(NS(C)(=O)=O)cc21. The second-order valence-electron chi connectivity index (χ2n) is 6.13. The number of aldehydes is 1. The molecule has 2 heterocycles. The van der Waals surface area contributed by atoms with E-state index in [0.29, 0.717) is 10.6 Å². The van der Waals surface area contributed by atoms with Crippen LogP contribution in [0.2, 0.25) is 0 Å². The van der Waals surface area contributed by atoms with Gasteiger partial charge in [0.1, 0.15) is 0 Å². The van der Waals surface area contributed by atoms with E-state index in [0.717, 1.165) is 40.3 Å². The Kier molecular flexibility index (Phi) is 4.71. The topological polar surface area (TPSA) is 68.2 Å². The fraction of sp³-hybridized carbons (Fsp3) is 0.278. The maximum absolute atomic E-state index is 11.5. The minimum atomic E-state index is -3.33. The monoisotopic (exact) mass is 376 g/mol. The van der Waals surface area contributed by atoms with Gasteiger partial charge in [0.25, 0.3) is 0 Å². The van der Waals surface area contributed by atoms with Gasteiger partial charge in [-0.25, -0.2) is 8.42 Å². The molecule has 1 N–H and O–H groups in total. The summed E-state index contributed by atoms with van der Waals surface area (Å²) >= 11 is 1.45. The molecule has 3 rings (SSSR count). The zero-order chi connectivity index (χ0) is 18.2. The number of anilines is 1. The Morgan fingerprint density at radius 1 is 1.28 bits per heavy atom. The molecule has 132 valence electrons. The molecule has 0 saturated carbocycles. The van der Waals surface area contributed by atoms with Gasteiger partial charge in [-0.3, -0.25) is 9.52 Å². The van der Waals surface area contributed by atoms with Gasteiger partial charge >= 0.3 is 0 Å². The number of hydrogen-bond acceptors (Lipinski definition) is 4. The van der Waals surface area contributed by atoms with E-state index < -0.39 is 10.0 Å². The van der Waals surface area contributed by atoms with Gasteiger partial charge in [0.15, 0.2) is 6.29 Å². The number of hydrogen-bond donors (Lipinski definition) is 1. The van der Waals surface area contributed by atoms with Crippen LogP contribution in [0, 0.1) is 0 Å². The van der Waals surface area contributed by atoms with E-state index in [1.54, 1.807) is 6.07 Å². The molecule has 7 heteroatoms. The van der Waals surface area contributed by atoms with Crippen molar-refractivity contribution in [2.24, 2.45) is 0 Å². The van der Waals surface area contributed by atoms with Gasteiger partial charge in [0, 0.05) is 28.1 Å². The zero-order valence-corrected chi connectivity index (χ0v) is 15.9. The van der Waals surface area contributed by atoms with Crippen LogP contribution in [0.25, 0.3) is 21.3 Å². The van der Waals surface area contributed by atoms with Crippen molar-refractivity contribution >= 4 is 44.2 Å². The van der Waals surface area contributed by atoms with Crippen molar-refractivity contribution in [3.8, 4) is 10.4 Å². The number of carbonyl (C=O) groups excluding carboxylic acids is 1. The van der Waals surface area contributed by atoms with E-state index in [9.17, 15) is 13.2 Å². The van der Waals surface area contributed by atoms with Crippen molar-refractivity contribution in [2.45, 2.75) is 26.3 Å². The molecule has 0 saturated heterocycles. The third-order valence-electron chi connectivity index (χ3n) is 4.21. The van der Waals surface area contributed by atoms with Crippen LogP contribution in [-0.2, 0) is 10.0 Å². The molecule has 3 aromatic rings. The van der Waals surface area contributed by atoms with Gasteiger partial charge in [-0.05, 0) is 37.6 Å². The highest BCUT2D eigenvalue weighted by Gasteiger charge is 2.16. The second kappa shape index (κ2) is 6.65. The van der Waals surface area contributed by atoms with Gasteiger partial charge in [-0.1, -0.05) is 13.0 Å². The van der Waals surface area contributed by atoms with E-state index >= 15 is 0 Å². The predicted octanol–water partition coefficient (Wildman–Crippen LogP) is 4.52. The van der Waals surface area contributed by atoms with E-state index in [-0.39, 0.29) is 6.04 Å². The lowest BCUT2D eigenvalue weighted by Crippen LogP contribution is -2.09. The summed E-state index contributed by atoms with van der Waals surface area (Å²) in [6.07, 6.45) is 5.04.